The van der Waals surface area contributed by atoms with Crippen LogP contribution in [0, 0.1) is 6.92 Å². The molecule has 0 aliphatic carbocycles. The van der Waals surface area contributed by atoms with Gasteiger partial charge in [-0.1, -0.05) is 35.0 Å². The number of rotatable bonds is 3. The molecule has 8 heteroatoms. The number of thiocarbonyl (C=S) groups is 1. The fraction of sp³-hybridized carbons (Fsp3) is 0.188. The predicted molar refractivity (Wildman–Crippen MR) is 95.6 cm³/mol. The Morgan fingerprint density at radius 1 is 1.38 bits per heavy atom. The van der Waals surface area contributed by atoms with E-state index < -0.39 is 6.04 Å². The molecule has 3 N–H and O–H groups in total. The third kappa shape index (κ3) is 3.27. The van der Waals surface area contributed by atoms with Gasteiger partial charge in [-0.15, -0.1) is 0 Å². The molecule has 1 atom stereocenters. The van der Waals surface area contributed by atoms with E-state index in [-0.39, 0.29) is 5.91 Å². The number of aryl methyl sites for hydroxylation is 1. The van der Waals surface area contributed by atoms with Crippen molar-refractivity contribution in [3.63, 3.8) is 0 Å². The van der Waals surface area contributed by atoms with Crippen LogP contribution >= 0.6 is 23.8 Å². The monoisotopic (exact) mass is 362 g/mol. The molecule has 1 aromatic carbocycles. The van der Waals surface area contributed by atoms with Crippen LogP contribution in [0.4, 0.5) is 5.82 Å². The largest absolute Gasteiger partial charge is 0.360 e. The number of amides is 1. The van der Waals surface area contributed by atoms with Crippen LogP contribution in [-0.2, 0) is 4.79 Å². The molecule has 6 nitrogen and oxygen atoms in total. The minimum absolute atomic E-state index is 0.312. The molecule has 1 aliphatic heterocycles. The first-order chi connectivity index (χ1) is 11.5. The lowest BCUT2D eigenvalue weighted by molar-refractivity contribution is -0.113. The minimum Gasteiger partial charge on any atom is -0.360 e. The van der Waals surface area contributed by atoms with Crippen LogP contribution in [0.3, 0.4) is 0 Å². The number of benzene rings is 1. The molecule has 0 radical (unpaired) electrons. The number of nitrogens with one attached hydrogen (secondary N) is 3. The van der Waals surface area contributed by atoms with E-state index in [4.69, 9.17) is 28.3 Å². The van der Waals surface area contributed by atoms with Gasteiger partial charge in [0.1, 0.15) is 5.76 Å². The van der Waals surface area contributed by atoms with Crippen molar-refractivity contribution < 1.29 is 9.32 Å². The van der Waals surface area contributed by atoms with E-state index in [1.807, 2.05) is 18.2 Å². The van der Waals surface area contributed by atoms with E-state index in [1.54, 1.807) is 26.0 Å². The molecule has 1 aliphatic rings. The first-order valence-corrected chi connectivity index (χ1v) is 8.01. The number of allylic oxidation sites excluding steroid dienone is 1. The zero-order chi connectivity index (χ0) is 17.3. The summed E-state index contributed by atoms with van der Waals surface area (Å²) in [5.41, 5.74) is 1.91. The normalized spacial score (nSPS) is 17.3. The Bertz CT molecular complexity index is 846. The smallest absolute Gasteiger partial charge is 0.257 e. The average Bonchev–Trinajstić information content (AvgIpc) is 2.91. The summed E-state index contributed by atoms with van der Waals surface area (Å²) in [5, 5.41) is 13.6. The van der Waals surface area contributed by atoms with Crippen LogP contribution in [0.25, 0.3) is 0 Å². The molecule has 0 spiro atoms. The summed E-state index contributed by atoms with van der Waals surface area (Å²) in [6.07, 6.45) is 0. The summed E-state index contributed by atoms with van der Waals surface area (Å²) in [4.78, 5) is 12.8. The van der Waals surface area contributed by atoms with Crippen molar-refractivity contribution in [1.29, 1.82) is 0 Å². The molecule has 124 valence electrons. The molecular formula is C16H15ClN4O2S. The molecular weight excluding hydrogens is 348 g/mol. The lowest BCUT2D eigenvalue weighted by Crippen LogP contribution is -2.45. The Balaban J connectivity index is 1.97. The fourth-order valence-electron chi connectivity index (χ4n) is 2.55. The highest BCUT2D eigenvalue weighted by molar-refractivity contribution is 7.80. The van der Waals surface area contributed by atoms with Gasteiger partial charge in [-0.2, -0.15) is 0 Å². The van der Waals surface area contributed by atoms with E-state index >= 15 is 0 Å². The number of hydrogen-bond acceptors (Lipinski definition) is 4. The second kappa shape index (κ2) is 6.62. The predicted octanol–water partition coefficient (Wildman–Crippen LogP) is 3.07. The summed E-state index contributed by atoms with van der Waals surface area (Å²) in [5.74, 6) is 0.650. The van der Waals surface area contributed by atoms with Crippen molar-refractivity contribution in [2.45, 2.75) is 19.9 Å². The van der Waals surface area contributed by atoms with E-state index in [0.29, 0.717) is 33.0 Å². The second-order valence-electron chi connectivity index (χ2n) is 5.37. The topological polar surface area (TPSA) is 79.2 Å². The van der Waals surface area contributed by atoms with Crippen molar-refractivity contribution in [2.75, 3.05) is 5.32 Å². The molecule has 0 bridgehead atoms. The molecule has 24 heavy (non-hydrogen) atoms. The highest BCUT2D eigenvalue weighted by Crippen LogP contribution is 2.32. The molecule has 0 fully saturated rings. The first kappa shape index (κ1) is 16.5. The van der Waals surface area contributed by atoms with Gasteiger partial charge in [0.2, 0.25) is 0 Å². The number of carbonyl (C=O) groups is 1. The maximum absolute atomic E-state index is 12.8. The molecule has 1 aromatic heterocycles. The van der Waals surface area contributed by atoms with Crippen LogP contribution < -0.4 is 16.0 Å². The summed E-state index contributed by atoms with van der Waals surface area (Å²) in [6, 6.07) is 8.51. The second-order valence-corrected chi connectivity index (χ2v) is 6.18. The zero-order valence-corrected chi connectivity index (χ0v) is 14.6. The summed E-state index contributed by atoms with van der Waals surface area (Å²) in [7, 11) is 0. The van der Waals surface area contributed by atoms with Gasteiger partial charge in [-0.05, 0) is 37.7 Å². The van der Waals surface area contributed by atoms with Crippen LogP contribution in [0.5, 0.6) is 0 Å². The van der Waals surface area contributed by atoms with Crippen molar-refractivity contribution in [3.8, 4) is 0 Å². The van der Waals surface area contributed by atoms with Crippen molar-refractivity contribution in [1.82, 2.24) is 15.8 Å². The molecule has 2 heterocycles. The van der Waals surface area contributed by atoms with Gasteiger partial charge in [0.25, 0.3) is 5.91 Å². The fourth-order valence-corrected chi connectivity index (χ4v) is 3.06. The van der Waals surface area contributed by atoms with Gasteiger partial charge in [0.05, 0.1) is 11.6 Å². The number of aromatic nitrogens is 1. The maximum Gasteiger partial charge on any atom is 0.257 e. The Morgan fingerprint density at radius 2 is 2.12 bits per heavy atom. The highest BCUT2D eigenvalue weighted by atomic mass is 35.5. The van der Waals surface area contributed by atoms with Gasteiger partial charge in [-0.25, -0.2) is 0 Å². The Hall–Kier alpha value is -2.38. The standard InChI is InChI=1S/C16H15ClN4O2S/c1-8-7-12(21-23-8)19-15(22)13-9(2)18-16(24)20-14(13)10-5-3-4-6-11(10)17/h3-7,14H,1-2H3,(H2,18,20,24)(H,19,21,22). The number of hydrogen-bond donors (Lipinski definition) is 3. The first-order valence-electron chi connectivity index (χ1n) is 7.23. The molecule has 3 rings (SSSR count). The number of halogens is 1. The number of carbonyl (C=O) groups excluding carboxylic acids is 1. The zero-order valence-electron chi connectivity index (χ0n) is 13.0. The maximum atomic E-state index is 12.8. The van der Waals surface area contributed by atoms with Crippen molar-refractivity contribution >= 4 is 40.7 Å². The lowest BCUT2D eigenvalue weighted by atomic mass is 9.95. The Morgan fingerprint density at radius 3 is 2.79 bits per heavy atom. The quantitative estimate of drug-likeness (QED) is 0.728. The molecule has 1 amide bonds. The molecule has 0 saturated carbocycles. The highest BCUT2D eigenvalue weighted by Gasteiger charge is 2.31. The summed E-state index contributed by atoms with van der Waals surface area (Å²) < 4.78 is 4.97. The van der Waals surface area contributed by atoms with Crippen LogP contribution in [0.15, 0.2) is 46.1 Å². The van der Waals surface area contributed by atoms with Crippen LogP contribution in [-0.4, -0.2) is 16.2 Å². The summed E-state index contributed by atoms with van der Waals surface area (Å²) >= 11 is 11.5. The third-order valence-electron chi connectivity index (χ3n) is 3.60. The number of anilines is 1. The Kier molecular flexibility index (Phi) is 4.55. The van der Waals surface area contributed by atoms with Crippen molar-refractivity contribution in [3.05, 3.63) is 57.9 Å². The van der Waals surface area contributed by atoms with Gasteiger partial charge >= 0.3 is 0 Å². The minimum atomic E-state index is -0.458. The molecule has 1 unspecified atom stereocenters. The molecule has 2 aromatic rings. The van der Waals surface area contributed by atoms with Crippen LogP contribution in [0.1, 0.15) is 24.3 Å². The Labute approximate surface area is 149 Å². The van der Waals surface area contributed by atoms with E-state index in [0.717, 1.165) is 5.56 Å². The third-order valence-corrected chi connectivity index (χ3v) is 4.16. The van der Waals surface area contributed by atoms with E-state index in [9.17, 15) is 4.79 Å². The van der Waals surface area contributed by atoms with Crippen molar-refractivity contribution in [2.24, 2.45) is 0 Å². The SMILES string of the molecule is CC1=C(C(=O)Nc2cc(C)on2)C(c2ccccc2Cl)NC(=S)N1. The lowest BCUT2D eigenvalue weighted by Gasteiger charge is -2.30. The summed E-state index contributed by atoms with van der Waals surface area (Å²) in [6.45, 7) is 3.54. The van der Waals surface area contributed by atoms with E-state index in [1.165, 1.54) is 0 Å². The van der Waals surface area contributed by atoms with Gasteiger partial charge in [-0.3, -0.25) is 4.79 Å². The van der Waals surface area contributed by atoms with Gasteiger partial charge < -0.3 is 20.5 Å². The number of nitrogens with zero attached hydrogens (tertiary/aromatic N) is 1. The van der Waals surface area contributed by atoms with Gasteiger partial charge in [0, 0.05) is 16.8 Å². The van der Waals surface area contributed by atoms with Gasteiger partial charge in [0.15, 0.2) is 10.9 Å². The average molecular weight is 363 g/mol. The van der Waals surface area contributed by atoms with E-state index in [2.05, 4.69) is 21.1 Å². The molecule has 0 saturated heterocycles. The van der Waals surface area contributed by atoms with Crippen LogP contribution in [0.2, 0.25) is 5.02 Å².